The maximum Gasteiger partial charge on any atom is 0.105 e. The fourth-order valence-electron chi connectivity index (χ4n) is 4.47. The Morgan fingerprint density at radius 3 is 2.12 bits per heavy atom. The van der Waals surface area contributed by atoms with Crippen LogP contribution in [0, 0.1) is 23.2 Å². The molecule has 0 aromatic carbocycles. The molecule has 0 saturated heterocycles. The van der Waals surface area contributed by atoms with Crippen LogP contribution in [0.5, 0.6) is 0 Å². The Morgan fingerprint density at radius 2 is 1.76 bits per heavy atom. The Labute approximate surface area is 110 Å². The van der Waals surface area contributed by atoms with E-state index in [2.05, 4.69) is 42.5 Å². The highest BCUT2D eigenvalue weighted by Crippen LogP contribution is 2.54. The maximum absolute atomic E-state index is 2.50. The van der Waals surface area contributed by atoms with Crippen molar-refractivity contribution in [3.05, 3.63) is 0 Å². The quantitative estimate of drug-likeness (QED) is 0.586. The van der Waals surface area contributed by atoms with Crippen molar-refractivity contribution in [3.8, 4) is 0 Å². The van der Waals surface area contributed by atoms with E-state index >= 15 is 0 Å². The normalized spacial score (nSPS) is 30.1. The molecule has 0 N–H and O–H groups in total. The Hall–Kier alpha value is 0.0649. The van der Waals surface area contributed by atoms with Crippen LogP contribution in [0.15, 0.2) is 0 Å². The topological polar surface area (TPSA) is 0 Å². The predicted molar refractivity (Wildman–Crippen MR) is 81.3 cm³/mol. The number of rotatable bonds is 6. The standard InChI is InChI=1S/C16H33B/c1-6-16(7-2,11-10-12(3)4)15-13(5)8-9-14(15)17/h12-15H,6-11,17H2,1-5H3. The second-order valence-corrected chi connectivity index (χ2v) is 7.06. The summed E-state index contributed by atoms with van der Waals surface area (Å²) in [6, 6.07) is 0. The van der Waals surface area contributed by atoms with Crippen LogP contribution in [0.1, 0.15) is 73.1 Å². The number of hydrogen-bond donors (Lipinski definition) is 0. The molecule has 1 saturated carbocycles. The first-order chi connectivity index (χ1) is 7.96. The van der Waals surface area contributed by atoms with Gasteiger partial charge >= 0.3 is 0 Å². The summed E-state index contributed by atoms with van der Waals surface area (Å²) in [6.07, 6.45) is 8.57. The van der Waals surface area contributed by atoms with Crippen molar-refractivity contribution < 1.29 is 0 Å². The molecule has 0 amide bonds. The Morgan fingerprint density at radius 1 is 1.18 bits per heavy atom. The van der Waals surface area contributed by atoms with Crippen molar-refractivity contribution in [1.82, 2.24) is 0 Å². The van der Waals surface area contributed by atoms with Gasteiger partial charge in [-0.15, -0.1) is 0 Å². The molecule has 0 radical (unpaired) electrons. The summed E-state index contributed by atoms with van der Waals surface area (Å²) in [5, 5.41) is 0. The molecule has 1 fully saturated rings. The lowest BCUT2D eigenvalue weighted by Crippen LogP contribution is -2.34. The molecular formula is C16H33B. The van der Waals surface area contributed by atoms with Crippen molar-refractivity contribution in [1.29, 1.82) is 0 Å². The molecule has 1 rings (SSSR count). The molecule has 0 aromatic heterocycles. The van der Waals surface area contributed by atoms with Gasteiger partial charge in [0.25, 0.3) is 0 Å². The molecule has 0 bridgehead atoms. The third-order valence-corrected chi connectivity index (χ3v) is 5.64. The second-order valence-electron chi connectivity index (χ2n) is 7.06. The minimum absolute atomic E-state index is 0.638. The smallest absolute Gasteiger partial charge is 0.0662 e. The lowest BCUT2D eigenvalue weighted by Gasteiger charge is -2.43. The van der Waals surface area contributed by atoms with E-state index in [-0.39, 0.29) is 0 Å². The van der Waals surface area contributed by atoms with Crippen molar-refractivity contribution in [2.45, 2.75) is 79.0 Å². The summed E-state index contributed by atoms with van der Waals surface area (Å²) in [4.78, 5) is 0. The van der Waals surface area contributed by atoms with Crippen LogP contribution in [0.3, 0.4) is 0 Å². The molecule has 3 atom stereocenters. The van der Waals surface area contributed by atoms with E-state index in [0.29, 0.717) is 5.41 Å². The van der Waals surface area contributed by atoms with Crippen molar-refractivity contribution >= 4 is 7.85 Å². The third kappa shape index (κ3) is 3.29. The van der Waals surface area contributed by atoms with E-state index < -0.39 is 0 Å². The molecule has 1 heteroatoms. The fourth-order valence-corrected chi connectivity index (χ4v) is 4.47. The van der Waals surface area contributed by atoms with E-state index in [9.17, 15) is 0 Å². The molecule has 0 aromatic rings. The summed E-state index contributed by atoms with van der Waals surface area (Å²) in [7, 11) is 2.50. The van der Waals surface area contributed by atoms with Crippen molar-refractivity contribution in [3.63, 3.8) is 0 Å². The van der Waals surface area contributed by atoms with E-state index in [1.807, 2.05) is 0 Å². The highest BCUT2D eigenvalue weighted by atomic mass is 14.5. The first-order valence-corrected chi connectivity index (χ1v) is 7.96. The highest BCUT2D eigenvalue weighted by molar-refractivity contribution is 6.12. The zero-order valence-electron chi connectivity index (χ0n) is 13.1. The molecule has 3 unspecified atom stereocenters. The van der Waals surface area contributed by atoms with Crippen molar-refractivity contribution in [2.24, 2.45) is 23.2 Å². The Bertz CT molecular complexity index is 208. The molecule has 0 aliphatic heterocycles. The predicted octanol–water partition coefficient (Wildman–Crippen LogP) is 4.70. The lowest BCUT2D eigenvalue weighted by molar-refractivity contribution is 0.0928. The maximum atomic E-state index is 2.50. The van der Waals surface area contributed by atoms with Gasteiger partial charge in [-0.25, -0.2) is 0 Å². The number of hydrogen-bond acceptors (Lipinski definition) is 0. The van der Waals surface area contributed by atoms with E-state index in [1.54, 1.807) is 0 Å². The van der Waals surface area contributed by atoms with Crippen molar-refractivity contribution in [2.75, 3.05) is 0 Å². The lowest BCUT2D eigenvalue weighted by atomic mass is 9.58. The molecule has 17 heavy (non-hydrogen) atoms. The molecule has 1 aliphatic carbocycles. The average molecular weight is 236 g/mol. The van der Waals surface area contributed by atoms with Crippen LogP contribution in [-0.2, 0) is 0 Å². The molecule has 1 aliphatic rings. The monoisotopic (exact) mass is 236 g/mol. The largest absolute Gasteiger partial charge is 0.105 e. The molecular weight excluding hydrogens is 203 g/mol. The third-order valence-electron chi connectivity index (χ3n) is 5.64. The highest BCUT2D eigenvalue weighted by Gasteiger charge is 2.44. The first kappa shape index (κ1) is 15.1. The van der Waals surface area contributed by atoms with Gasteiger partial charge in [-0.1, -0.05) is 72.5 Å². The summed E-state index contributed by atoms with van der Waals surface area (Å²) >= 11 is 0. The van der Waals surface area contributed by atoms with Gasteiger partial charge in [0, 0.05) is 0 Å². The van der Waals surface area contributed by atoms with Gasteiger partial charge in [-0.3, -0.25) is 0 Å². The van der Waals surface area contributed by atoms with Crippen LogP contribution in [0.25, 0.3) is 0 Å². The summed E-state index contributed by atoms with van der Waals surface area (Å²) in [5.41, 5.74) is 0.638. The van der Waals surface area contributed by atoms with Gasteiger partial charge in [-0.05, 0) is 29.6 Å². The zero-order valence-corrected chi connectivity index (χ0v) is 13.1. The van der Waals surface area contributed by atoms with E-state index in [0.717, 1.165) is 23.6 Å². The average Bonchev–Trinajstić information content (AvgIpc) is 2.63. The molecule has 0 nitrogen and oxygen atoms in total. The van der Waals surface area contributed by atoms with Crippen LogP contribution in [-0.4, -0.2) is 7.85 Å². The Balaban J connectivity index is 2.81. The van der Waals surface area contributed by atoms with Crippen LogP contribution >= 0.6 is 0 Å². The van der Waals surface area contributed by atoms with Gasteiger partial charge in [0.05, 0.1) is 0 Å². The second kappa shape index (κ2) is 6.30. The zero-order chi connectivity index (χ0) is 13.1. The SMILES string of the molecule is BC1CCC(C)C1C(CC)(CC)CCC(C)C. The van der Waals surface area contributed by atoms with Crippen LogP contribution in [0.2, 0.25) is 5.82 Å². The first-order valence-electron chi connectivity index (χ1n) is 7.96. The minimum Gasteiger partial charge on any atom is -0.0662 e. The summed E-state index contributed by atoms with van der Waals surface area (Å²) < 4.78 is 0. The minimum atomic E-state index is 0.638. The van der Waals surface area contributed by atoms with Gasteiger partial charge in [0.15, 0.2) is 0 Å². The Kier molecular flexibility index (Phi) is 5.60. The van der Waals surface area contributed by atoms with Gasteiger partial charge in [-0.2, -0.15) is 0 Å². The van der Waals surface area contributed by atoms with E-state index in [4.69, 9.17) is 0 Å². The van der Waals surface area contributed by atoms with Gasteiger partial charge in [0.2, 0.25) is 0 Å². The van der Waals surface area contributed by atoms with Gasteiger partial charge in [0.1, 0.15) is 7.85 Å². The van der Waals surface area contributed by atoms with Crippen LogP contribution in [0.4, 0.5) is 0 Å². The molecule has 100 valence electrons. The summed E-state index contributed by atoms with van der Waals surface area (Å²) in [6.45, 7) is 12.1. The fraction of sp³-hybridized carbons (Fsp3) is 1.00. The molecule has 0 spiro atoms. The van der Waals surface area contributed by atoms with Gasteiger partial charge < -0.3 is 0 Å². The van der Waals surface area contributed by atoms with Crippen LogP contribution < -0.4 is 0 Å². The summed E-state index contributed by atoms with van der Waals surface area (Å²) in [5.74, 6) is 3.75. The molecule has 0 heterocycles. The van der Waals surface area contributed by atoms with E-state index in [1.165, 1.54) is 38.5 Å².